The minimum atomic E-state index is -0.399. The van der Waals surface area contributed by atoms with Gasteiger partial charge in [-0.25, -0.2) is 4.68 Å². The van der Waals surface area contributed by atoms with Gasteiger partial charge in [0, 0.05) is 37.2 Å². The topological polar surface area (TPSA) is 61.2 Å². The maximum Gasteiger partial charge on any atom is 0.162 e. The average Bonchev–Trinajstić information content (AvgIpc) is 3.03. The molecule has 6 nitrogen and oxygen atoms in total. The molecule has 2 aromatic heterocycles. The lowest BCUT2D eigenvalue weighted by Gasteiger charge is -2.35. The van der Waals surface area contributed by atoms with Crippen LogP contribution in [0.4, 0.5) is 0 Å². The second-order valence-electron chi connectivity index (χ2n) is 6.78. The van der Waals surface area contributed by atoms with E-state index in [0.717, 1.165) is 35.0 Å². The van der Waals surface area contributed by atoms with E-state index < -0.39 is 5.60 Å². The zero-order valence-electron chi connectivity index (χ0n) is 15.0. The van der Waals surface area contributed by atoms with E-state index in [4.69, 9.17) is 9.47 Å². The Hall–Kier alpha value is -2.86. The number of aryl methyl sites for hydroxylation is 1. The number of ether oxygens (including phenoxy) is 2. The molecule has 26 heavy (non-hydrogen) atoms. The minimum Gasteiger partial charge on any atom is -0.485 e. The molecule has 0 amide bonds. The molecule has 0 radical (unpaired) electrons. The first-order chi connectivity index (χ1) is 12.6. The molecule has 0 spiro atoms. The van der Waals surface area contributed by atoms with Crippen LogP contribution in [0.1, 0.15) is 18.2 Å². The molecule has 134 valence electrons. The molecule has 1 unspecified atom stereocenters. The van der Waals surface area contributed by atoms with E-state index in [-0.39, 0.29) is 0 Å². The fraction of sp³-hybridized carbons (Fsp3) is 0.300. The molecule has 0 fully saturated rings. The van der Waals surface area contributed by atoms with Gasteiger partial charge in [0.25, 0.3) is 0 Å². The second kappa shape index (κ2) is 6.80. The Bertz CT molecular complexity index is 894. The first-order valence-electron chi connectivity index (χ1n) is 8.70. The highest BCUT2D eigenvalue weighted by molar-refractivity contribution is 5.41. The molecule has 1 aromatic carbocycles. The van der Waals surface area contributed by atoms with E-state index in [9.17, 15) is 0 Å². The van der Waals surface area contributed by atoms with Crippen LogP contribution in [0.25, 0.3) is 5.69 Å². The van der Waals surface area contributed by atoms with E-state index in [1.54, 1.807) is 12.4 Å². The molecule has 4 rings (SSSR count). The summed E-state index contributed by atoms with van der Waals surface area (Å²) in [6, 6.07) is 11.7. The summed E-state index contributed by atoms with van der Waals surface area (Å²) >= 11 is 0. The molecular weight excluding hydrogens is 328 g/mol. The number of fused-ring (bicyclic) bond motifs is 1. The number of nitrogens with zero attached hydrogens (tertiary/aromatic N) is 3. The quantitative estimate of drug-likeness (QED) is 0.767. The molecule has 1 atom stereocenters. The third-order valence-electron chi connectivity index (χ3n) is 4.48. The van der Waals surface area contributed by atoms with Crippen molar-refractivity contribution in [1.29, 1.82) is 0 Å². The number of hydrogen-bond donors (Lipinski definition) is 1. The first-order valence-corrected chi connectivity index (χ1v) is 8.70. The SMILES string of the molecule is Cc1nn(-c2ccncc2)cc1CNCC1(C)COc2ccccc2O1. The minimum absolute atomic E-state index is 0.399. The highest BCUT2D eigenvalue weighted by Gasteiger charge is 2.32. The van der Waals surface area contributed by atoms with E-state index >= 15 is 0 Å². The number of pyridine rings is 1. The van der Waals surface area contributed by atoms with Crippen molar-refractivity contribution >= 4 is 0 Å². The van der Waals surface area contributed by atoms with Crippen molar-refractivity contribution in [2.45, 2.75) is 26.0 Å². The summed E-state index contributed by atoms with van der Waals surface area (Å²) in [6.45, 7) is 6.00. The van der Waals surface area contributed by atoms with Crippen molar-refractivity contribution in [2.24, 2.45) is 0 Å². The third-order valence-corrected chi connectivity index (χ3v) is 4.48. The Labute approximate surface area is 152 Å². The summed E-state index contributed by atoms with van der Waals surface area (Å²) in [5, 5.41) is 8.06. The van der Waals surface area contributed by atoms with Gasteiger partial charge >= 0.3 is 0 Å². The van der Waals surface area contributed by atoms with Crippen LogP contribution in [0, 0.1) is 6.92 Å². The van der Waals surface area contributed by atoms with Gasteiger partial charge in [-0.2, -0.15) is 5.10 Å². The van der Waals surface area contributed by atoms with E-state index in [1.807, 2.05) is 54.2 Å². The number of hydrogen-bond acceptors (Lipinski definition) is 5. The maximum absolute atomic E-state index is 6.15. The molecule has 0 bridgehead atoms. The molecule has 1 N–H and O–H groups in total. The van der Waals surface area contributed by atoms with Gasteiger partial charge in [-0.15, -0.1) is 0 Å². The van der Waals surface area contributed by atoms with E-state index in [2.05, 4.69) is 22.3 Å². The summed E-state index contributed by atoms with van der Waals surface area (Å²) in [4.78, 5) is 4.05. The molecule has 0 aliphatic carbocycles. The molecule has 6 heteroatoms. The highest BCUT2D eigenvalue weighted by Crippen LogP contribution is 2.34. The molecule has 3 heterocycles. The Kier molecular flexibility index (Phi) is 4.34. The molecule has 0 saturated carbocycles. The zero-order chi connectivity index (χ0) is 18.0. The lowest BCUT2D eigenvalue weighted by Crippen LogP contribution is -2.49. The van der Waals surface area contributed by atoms with Crippen molar-refractivity contribution in [2.75, 3.05) is 13.2 Å². The number of benzene rings is 1. The van der Waals surface area contributed by atoms with E-state index in [1.165, 1.54) is 0 Å². The summed E-state index contributed by atoms with van der Waals surface area (Å²) in [5.41, 5.74) is 2.76. The smallest absolute Gasteiger partial charge is 0.162 e. The van der Waals surface area contributed by atoms with Crippen molar-refractivity contribution < 1.29 is 9.47 Å². The summed E-state index contributed by atoms with van der Waals surface area (Å²) < 4.78 is 13.9. The van der Waals surface area contributed by atoms with Gasteiger partial charge in [0.1, 0.15) is 6.61 Å². The molecule has 1 aliphatic heterocycles. The van der Waals surface area contributed by atoms with Crippen LogP contribution in [0.5, 0.6) is 11.5 Å². The number of nitrogens with one attached hydrogen (secondary N) is 1. The lowest BCUT2D eigenvalue weighted by atomic mass is 10.1. The maximum atomic E-state index is 6.15. The predicted molar refractivity (Wildman–Crippen MR) is 98.8 cm³/mol. The average molecular weight is 350 g/mol. The van der Waals surface area contributed by atoms with Gasteiger partial charge in [-0.1, -0.05) is 12.1 Å². The van der Waals surface area contributed by atoms with Gasteiger partial charge in [0.2, 0.25) is 0 Å². The Morgan fingerprint density at radius 1 is 1.15 bits per heavy atom. The number of rotatable bonds is 5. The predicted octanol–water partition coefficient (Wildman–Crippen LogP) is 2.90. The summed E-state index contributed by atoms with van der Waals surface area (Å²) in [6.07, 6.45) is 5.58. The van der Waals surface area contributed by atoms with Crippen LogP contribution in [0.15, 0.2) is 55.0 Å². The summed E-state index contributed by atoms with van der Waals surface area (Å²) in [5.74, 6) is 1.60. The van der Waals surface area contributed by atoms with Gasteiger partial charge in [0.15, 0.2) is 17.1 Å². The standard InChI is InChI=1S/C20H22N4O2/c1-15-16(12-24(23-15)17-7-9-21-10-8-17)11-22-13-20(2)14-25-18-5-3-4-6-19(18)26-20/h3-10,12,22H,11,13-14H2,1-2H3. The molecular formula is C20H22N4O2. The van der Waals surface area contributed by atoms with Crippen molar-refractivity contribution in [3.8, 4) is 17.2 Å². The van der Waals surface area contributed by atoms with E-state index in [0.29, 0.717) is 13.2 Å². The fourth-order valence-corrected chi connectivity index (χ4v) is 3.03. The Balaban J connectivity index is 1.39. The van der Waals surface area contributed by atoms with Gasteiger partial charge < -0.3 is 14.8 Å². The van der Waals surface area contributed by atoms with Crippen LogP contribution < -0.4 is 14.8 Å². The van der Waals surface area contributed by atoms with Gasteiger partial charge in [-0.3, -0.25) is 4.98 Å². The van der Waals surface area contributed by atoms with Crippen LogP contribution in [-0.4, -0.2) is 33.5 Å². The summed E-state index contributed by atoms with van der Waals surface area (Å²) in [7, 11) is 0. The second-order valence-corrected chi connectivity index (χ2v) is 6.78. The fourth-order valence-electron chi connectivity index (χ4n) is 3.03. The van der Waals surface area contributed by atoms with Crippen LogP contribution in [-0.2, 0) is 6.54 Å². The van der Waals surface area contributed by atoms with Gasteiger partial charge in [0.05, 0.1) is 11.4 Å². The first kappa shape index (κ1) is 16.6. The van der Waals surface area contributed by atoms with Crippen LogP contribution in [0.2, 0.25) is 0 Å². The van der Waals surface area contributed by atoms with Gasteiger partial charge in [-0.05, 0) is 38.1 Å². The third kappa shape index (κ3) is 3.41. The lowest BCUT2D eigenvalue weighted by molar-refractivity contribution is 0.00671. The molecule has 3 aromatic rings. The molecule has 1 aliphatic rings. The number of aromatic nitrogens is 3. The largest absolute Gasteiger partial charge is 0.485 e. The highest BCUT2D eigenvalue weighted by atomic mass is 16.6. The normalized spacial score (nSPS) is 18.7. The number of para-hydroxylation sites is 2. The van der Waals surface area contributed by atoms with Crippen LogP contribution in [0.3, 0.4) is 0 Å². The van der Waals surface area contributed by atoms with Crippen LogP contribution >= 0.6 is 0 Å². The van der Waals surface area contributed by atoms with Crippen molar-refractivity contribution in [3.05, 3.63) is 66.2 Å². The Morgan fingerprint density at radius 3 is 2.73 bits per heavy atom. The Morgan fingerprint density at radius 2 is 1.92 bits per heavy atom. The zero-order valence-corrected chi connectivity index (χ0v) is 15.0. The molecule has 0 saturated heterocycles. The van der Waals surface area contributed by atoms with Crippen molar-refractivity contribution in [3.63, 3.8) is 0 Å². The van der Waals surface area contributed by atoms with Crippen molar-refractivity contribution in [1.82, 2.24) is 20.1 Å². The monoisotopic (exact) mass is 350 g/mol.